The quantitative estimate of drug-likeness (QED) is 0.679. The van der Waals surface area contributed by atoms with E-state index in [1.54, 1.807) is 0 Å². The molecule has 1 fully saturated rings. The van der Waals surface area contributed by atoms with Crippen molar-refractivity contribution in [2.45, 2.75) is 38.0 Å². The van der Waals surface area contributed by atoms with Crippen molar-refractivity contribution >= 4 is 6.21 Å². The molecule has 1 aliphatic heterocycles. The molecule has 1 saturated carbocycles. The van der Waals surface area contributed by atoms with Gasteiger partial charge in [-0.05, 0) is 39.4 Å². The summed E-state index contributed by atoms with van der Waals surface area (Å²) < 4.78 is 5.91. The largest absolute Gasteiger partial charge is 0.367 e. The van der Waals surface area contributed by atoms with E-state index in [4.69, 9.17) is 4.74 Å². The third-order valence-corrected chi connectivity index (χ3v) is 2.72. The molecule has 0 N–H and O–H groups in total. The first-order valence-electron chi connectivity index (χ1n) is 5.20. The van der Waals surface area contributed by atoms with Crippen LogP contribution in [0.4, 0.5) is 0 Å². The van der Waals surface area contributed by atoms with Crippen molar-refractivity contribution in [2.75, 3.05) is 14.1 Å². The zero-order valence-electron chi connectivity index (χ0n) is 9.10. The summed E-state index contributed by atoms with van der Waals surface area (Å²) in [6.45, 7) is 2.12. The van der Waals surface area contributed by atoms with Gasteiger partial charge in [-0.15, -0.1) is 0 Å². The van der Waals surface area contributed by atoms with Crippen LogP contribution in [0.25, 0.3) is 0 Å². The first kappa shape index (κ1) is 9.87. The molecule has 1 heterocycles. The second-order valence-electron chi connectivity index (χ2n) is 4.38. The molecule has 0 saturated heterocycles. The van der Waals surface area contributed by atoms with Gasteiger partial charge in [-0.1, -0.05) is 0 Å². The molecular weight excluding hydrogens is 176 g/mol. The van der Waals surface area contributed by atoms with E-state index in [1.165, 1.54) is 18.4 Å². The van der Waals surface area contributed by atoms with Crippen LogP contribution < -0.4 is 0 Å². The maximum absolute atomic E-state index is 5.91. The van der Waals surface area contributed by atoms with Crippen molar-refractivity contribution in [3.63, 3.8) is 0 Å². The van der Waals surface area contributed by atoms with Crippen LogP contribution in [0.15, 0.2) is 16.8 Å². The van der Waals surface area contributed by atoms with Gasteiger partial charge in [-0.25, -0.2) is 0 Å². The van der Waals surface area contributed by atoms with Gasteiger partial charge in [0.2, 0.25) is 0 Å². The molecule has 1 aliphatic carbocycles. The van der Waals surface area contributed by atoms with E-state index in [-0.39, 0.29) is 6.10 Å². The molecule has 0 radical (unpaired) electrons. The predicted octanol–water partition coefficient (Wildman–Crippen LogP) is 1.45. The normalized spacial score (nSPS) is 32.1. The lowest BCUT2D eigenvalue weighted by molar-refractivity contribution is 0.0429. The Balaban J connectivity index is 2.05. The van der Waals surface area contributed by atoms with Crippen LogP contribution >= 0.6 is 0 Å². The van der Waals surface area contributed by atoms with Gasteiger partial charge in [-0.3, -0.25) is 9.89 Å². The lowest BCUT2D eigenvalue weighted by Gasteiger charge is -2.32. The van der Waals surface area contributed by atoms with Gasteiger partial charge in [0.15, 0.2) is 0 Å². The molecule has 3 heteroatoms. The lowest BCUT2D eigenvalue weighted by Crippen LogP contribution is -2.44. The van der Waals surface area contributed by atoms with Crippen molar-refractivity contribution in [3.05, 3.63) is 11.8 Å². The molecule has 78 valence electrons. The highest BCUT2D eigenvalue weighted by molar-refractivity contribution is 5.68. The molecule has 0 amide bonds. The van der Waals surface area contributed by atoms with Crippen molar-refractivity contribution in [1.82, 2.24) is 4.90 Å². The molecule has 0 spiro atoms. The summed E-state index contributed by atoms with van der Waals surface area (Å²) >= 11 is 0. The Morgan fingerprint density at radius 1 is 1.43 bits per heavy atom. The lowest BCUT2D eigenvalue weighted by atomic mass is 10.0. The van der Waals surface area contributed by atoms with Gasteiger partial charge in [-0.2, -0.15) is 0 Å². The highest BCUT2D eigenvalue weighted by Gasteiger charge is 2.32. The minimum absolute atomic E-state index is 0.141. The Kier molecular flexibility index (Phi) is 2.70. The van der Waals surface area contributed by atoms with Crippen molar-refractivity contribution in [3.8, 4) is 0 Å². The molecule has 2 rings (SSSR count). The second kappa shape index (κ2) is 3.83. The summed E-state index contributed by atoms with van der Waals surface area (Å²) in [6, 6.07) is 0.355. The van der Waals surface area contributed by atoms with Gasteiger partial charge in [0.05, 0.1) is 12.1 Å². The van der Waals surface area contributed by atoms with Gasteiger partial charge in [0.1, 0.15) is 6.10 Å². The Hall–Kier alpha value is -0.670. The monoisotopic (exact) mass is 194 g/mol. The molecule has 2 aliphatic rings. The van der Waals surface area contributed by atoms with E-state index in [1.807, 2.05) is 12.4 Å². The third kappa shape index (κ3) is 2.04. The Morgan fingerprint density at radius 3 is 2.71 bits per heavy atom. The zero-order chi connectivity index (χ0) is 10.1. The van der Waals surface area contributed by atoms with Gasteiger partial charge >= 0.3 is 0 Å². The maximum atomic E-state index is 5.91. The molecule has 0 aromatic carbocycles. The number of hydrogen-bond donors (Lipinski definition) is 0. The zero-order valence-corrected chi connectivity index (χ0v) is 9.10. The number of aliphatic imine (C=N–C) groups is 1. The number of rotatable bonds is 3. The first-order chi connectivity index (χ1) is 6.68. The number of nitrogens with zero attached hydrogens (tertiary/aromatic N) is 2. The van der Waals surface area contributed by atoms with E-state index in [9.17, 15) is 0 Å². The second-order valence-corrected chi connectivity index (χ2v) is 4.38. The minimum atomic E-state index is 0.141. The van der Waals surface area contributed by atoms with E-state index < -0.39 is 0 Å². The van der Waals surface area contributed by atoms with Crippen LogP contribution in [0, 0.1) is 0 Å². The molecule has 3 nitrogen and oxygen atoms in total. The van der Waals surface area contributed by atoms with Gasteiger partial charge in [0.25, 0.3) is 0 Å². The van der Waals surface area contributed by atoms with Gasteiger partial charge < -0.3 is 4.74 Å². The molecular formula is C11H18N2O. The third-order valence-electron chi connectivity index (χ3n) is 2.72. The summed E-state index contributed by atoms with van der Waals surface area (Å²) in [4.78, 5) is 6.41. The van der Waals surface area contributed by atoms with E-state index in [2.05, 4.69) is 30.9 Å². The average Bonchev–Trinajstić information content (AvgIpc) is 2.87. The van der Waals surface area contributed by atoms with E-state index in [0.717, 1.165) is 0 Å². The van der Waals surface area contributed by atoms with Crippen LogP contribution in [-0.4, -0.2) is 43.5 Å². The fraction of sp³-hybridized carbons (Fsp3) is 0.727. The molecule has 2 atom stereocenters. The molecule has 0 aromatic rings. The maximum Gasteiger partial charge on any atom is 0.112 e. The topological polar surface area (TPSA) is 24.8 Å². The van der Waals surface area contributed by atoms with Gasteiger partial charge in [0, 0.05) is 12.4 Å². The van der Waals surface area contributed by atoms with Crippen molar-refractivity contribution in [2.24, 2.45) is 4.99 Å². The molecule has 0 bridgehead atoms. The van der Waals surface area contributed by atoms with Crippen LogP contribution in [0.3, 0.4) is 0 Å². The minimum Gasteiger partial charge on any atom is -0.367 e. The molecule has 2 unspecified atom stereocenters. The fourth-order valence-corrected chi connectivity index (χ4v) is 1.90. The summed E-state index contributed by atoms with van der Waals surface area (Å²) in [5.74, 6) is 0. The standard InChI is InChI=1S/C11H18N2O/c1-8-6-12-7-10(11(8)13(2)3)14-9-4-5-9/h6-7,9-11H,4-5H2,1-3H3. The van der Waals surface area contributed by atoms with Crippen LogP contribution in [0.1, 0.15) is 19.8 Å². The van der Waals surface area contributed by atoms with E-state index >= 15 is 0 Å². The van der Waals surface area contributed by atoms with Crippen molar-refractivity contribution < 1.29 is 4.74 Å². The highest BCUT2D eigenvalue weighted by atomic mass is 16.5. The first-order valence-corrected chi connectivity index (χ1v) is 5.20. The molecule has 14 heavy (non-hydrogen) atoms. The smallest absolute Gasteiger partial charge is 0.112 e. The highest BCUT2D eigenvalue weighted by Crippen LogP contribution is 2.28. The Labute approximate surface area is 85.5 Å². The van der Waals surface area contributed by atoms with Crippen molar-refractivity contribution in [1.29, 1.82) is 0 Å². The number of likely N-dealkylation sites (N-methyl/N-ethyl adjacent to an activating group) is 1. The summed E-state index contributed by atoms with van der Waals surface area (Å²) in [5.41, 5.74) is 1.28. The van der Waals surface area contributed by atoms with Crippen LogP contribution in [0.2, 0.25) is 0 Å². The number of hydrogen-bond acceptors (Lipinski definition) is 3. The van der Waals surface area contributed by atoms with Crippen LogP contribution in [0.5, 0.6) is 0 Å². The number of ether oxygens (including phenoxy) is 1. The fourth-order valence-electron chi connectivity index (χ4n) is 1.90. The SMILES string of the molecule is CC1=CN=CC(OC2CC2)C1N(C)C. The van der Waals surface area contributed by atoms with Crippen LogP contribution in [-0.2, 0) is 4.74 Å². The summed E-state index contributed by atoms with van der Waals surface area (Å²) in [7, 11) is 4.18. The average molecular weight is 194 g/mol. The summed E-state index contributed by atoms with van der Waals surface area (Å²) in [6.07, 6.45) is 6.91. The Morgan fingerprint density at radius 2 is 2.14 bits per heavy atom. The molecule has 0 aromatic heterocycles. The Bertz CT molecular complexity index is 266. The van der Waals surface area contributed by atoms with E-state index in [0.29, 0.717) is 12.1 Å². The summed E-state index contributed by atoms with van der Waals surface area (Å²) in [5, 5.41) is 0. The predicted molar refractivity (Wildman–Crippen MR) is 57.6 cm³/mol.